The number of methoxy groups -OCH3 is 1. The Kier molecular flexibility index (Phi) is 3.61. The largest absolute Gasteiger partial charge is 0.464 e. The molecule has 1 heterocycles. The van der Waals surface area contributed by atoms with Gasteiger partial charge < -0.3 is 10.1 Å². The zero-order chi connectivity index (χ0) is 13.8. The highest BCUT2D eigenvalue weighted by atomic mass is 16.5. The van der Waals surface area contributed by atoms with Crippen molar-refractivity contribution < 1.29 is 14.3 Å². The maximum atomic E-state index is 12.0. The van der Waals surface area contributed by atoms with Crippen molar-refractivity contribution in [1.29, 1.82) is 0 Å². The minimum atomic E-state index is -0.611. The third kappa shape index (κ3) is 2.79. The van der Waals surface area contributed by atoms with Gasteiger partial charge in [-0.05, 0) is 19.1 Å². The Morgan fingerprint density at radius 3 is 2.58 bits per heavy atom. The van der Waals surface area contributed by atoms with Crippen molar-refractivity contribution in [2.24, 2.45) is 0 Å². The van der Waals surface area contributed by atoms with E-state index in [0.717, 1.165) is 5.56 Å². The molecule has 98 valence electrons. The average Bonchev–Trinajstić information content (AvgIpc) is 2.86. The van der Waals surface area contributed by atoms with Crippen molar-refractivity contribution in [3.05, 3.63) is 47.3 Å². The van der Waals surface area contributed by atoms with Crippen molar-refractivity contribution >= 4 is 17.6 Å². The number of carbonyl (C=O) groups excluding carboxylic acids is 2. The molecule has 0 aliphatic rings. The maximum absolute atomic E-state index is 12.0. The summed E-state index contributed by atoms with van der Waals surface area (Å²) in [5, 5.41) is 8.86. The van der Waals surface area contributed by atoms with E-state index in [-0.39, 0.29) is 17.3 Å². The minimum Gasteiger partial charge on any atom is -0.464 e. The molecular weight excluding hydrogens is 246 g/mol. The highest BCUT2D eigenvalue weighted by molar-refractivity contribution is 6.07. The van der Waals surface area contributed by atoms with Gasteiger partial charge in [0.2, 0.25) is 0 Å². The Hall–Kier alpha value is -2.63. The highest BCUT2D eigenvalue weighted by Crippen LogP contribution is 2.14. The van der Waals surface area contributed by atoms with Crippen LogP contribution in [0.4, 0.5) is 5.69 Å². The number of esters is 1. The van der Waals surface area contributed by atoms with Gasteiger partial charge in [-0.15, -0.1) is 0 Å². The lowest BCUT2D eigenvalue weighted by molar-refractivity contribution is 0.0595. The molecule has 19 heavy (non-hydrogen) atoms. The van der Waals surface area contributed by atoms with Crippen molar-refractivity contribution in [1.82, 2.24) is 10.2 Å². The molecule has 2 aromatic rings. The zero-order valence-electron chi connectivity index (χ0n) is 10.6. The predicted molar refractivity (Wildman–Crippen MR) is 69.1 cm³/mol. The summed E-state index contributed by atoms with van der Waals surface area (Å²) < 4.78 is 4.57. The maximum Gasteiger partial charge on any atom is 0.360 e. The molecule has 6 heteroatoms. The molecule has 0 unspecified atom stereocenters. The van der Waals surface area contributed by atoms with Crippen LogP contribution in [0, 0.1) is 6.92 Å². The molecule has 0 aliphatic heterocycles. The summed E-state index contributed by atoms with van der Waals surface area (Å²) in [5.74, 6) is -0.924. The van der Waals surface area contributed by atoms with E-state index in [9.17, 15) is 9.59 Å². The third-order valence-corrected chi connectivity index (χ3v) is 2.58. The fraction of sp³-hybridized carbons (Fsp3) is 0.154. The number of nitrogens with zero attached hydrogens (tertiary/aromatic N) is 1. The number of nitrogens with one attached hydrogen (secondary N) is 2. The van der Waals surface area contributed by atoms with Crippen molar-refractivity contribution in [2.75, 3.05) is 12.4 Å². The lowest BCUT2D eigenvalue weighted by atomic mass is 10.1. The van der Waals surface area contributed by atoms with Crippen molar-refractivity contribution in [3.63, 3.8) is 0 Å². The summed E-state index contributed by atoms with van der Waals surface area (Å²) in [6.07, 6.45) is 1.43. The van der Waals surface area contributed by atoms with Crippen LogP contribution in [0.15, 0.2) is 30.5 Å². The van der Waals surface area contributed by atoms with Gasteiger partial charge in [-0.1, -0.05) is 17.7 Å². The van der Waals surface area contributed by atoms with Gasteiger partial charge in [0.25, 0.3) is 5.91 Å². The minimum absolute atomic E-state index is 0.0444. The first-order valence-electron chi connectivity index (χ1n) is 5.62. The molecule has 0 bridgehead atoms. The number of hydrogen-bond donors (Lipinski definition) is 2. The second-order valence-electron chi connectivity index (χ2n) is 3.96. The quantitative estimate of drug-likeness (QED) is 0.822. The molecule has 2 N–H and O–H groups in total. The molecule has 6 nitrogen and oxygen atoms in total. The molecule has 0 saturated carbocycles. The number of carbonyl (C=O) groups is 2. The van der Waals surface area contributed by atoms with Crippen LogP contribution >= 0.6 is 0 Å². The van der Waals surface area contributed by atoms with Crippen molar-refractivity contribution in [3.8, 4) is 0 Å². The standard InChI is InChI=1S/C13H13N3O3/c1-8-3-5-9(6-4-8)12(17)15-10-7-14-16-11(10)13(18)19-2/h3-7H,1-2H3,(H,14,16)(H,15,17). The molecule has 0 aliphatic carbocycles. The van der Waals surface area contributed by atoms with Gasteiger partial charge in [0.1, 0.15) is 0 Å². The van der Waals surface area contributed by atoms with Gasteiger partial charge in [0.15, 0.2) is 5.69 Å². The summed E-state index contributed by atoms with van der Waals surface area (Å²) in [6, 6.07) is 7.10. The number of amides is 1. The first-order valence-corrected chi connectivity index (χ1v) is 5.62. The summed E-state index contributed by atoms with van der Waals surface area (Å²) >= 11 is 0. The number of aryl methyl sites for hydroxylation is 1. The number of aromatic nitrogens is 2. The lowest BCUT2D eigenvalue weighted by Crippen LogP contribution is -2.14. The summed E-state index contributed by atoms with van der Waals surface area (Å²) in [4.78, 5) is 23.4. The lowest BCUT2D eigenvalue weighted by Gasteiger charge is -2.04. The molecule has 1 amide bonds. The fourth-order valence-corrected chi connectivity index (χ4v) is 1.54. The number of rotatable bonds is 3. The van der Waals surface area contributed by atoms with Gasteiger partial charge >= 0.3 is 5.97 Å². The normalized spacial score (nSPS) is 10.0. The first kappa shape index (κ1) is 12.8. The van der Waals surface area contributed by atoms with E-state index >= 15 is 0 Å². The van der Waals surface area contributed by atoms with E-state index in [0.29, 0.717) is 5.56 Å². The van der Waals surface area contributed by atoms with Crippen LogP contribution in [-0.2, 0) is 4.74 Å². The highest BCUT2D eigenvalue weighted by Gasteiger charge is 2.17. The smallest absolute Gasteiger partial charge is 0.360 e. The second kappa shape index (κ2) is 5.34. The Morgan fingerprint density at radius 2 is 1.95 bits per heavy atom. The predicted octanol–water partition coefficient (Wildman–Crippen LogP) is 1.76. The van der Waals surface area contributed by atoms with Crippen LogP contribution in [0.1, 0.15) is 26.4 Å². The molecule has 0 fully saturated rings. The third-order valence-electron chi connectivity index (χ3n) is 2.58. The number of ether oxygens (including phenoxy) is 1. The molecule has 0 spiro atoms. The number of H-pyrrole nitrogens is 1. The van der Waals surface area contributed by atoms with Crippen LogP contribution < -0.4 is 5.32 Å². The SMILES string of the molecule is COC(=O)c1n[nH]cc1NC(=O)c1ccc(C)cc1. The Labute approximate surface area is 109 Å². The number of benzene rings is 1. The topological polar surface area (TPSA) is 84.1 Å². The van der Waals surface area contributed by atoms with Crippen LogP contribution in [0.2, 0.25) is 0 Å². The Morgan fingerprint density at radius 1 is 1.26 bits per heavy atom. The van der Waals surface area contributed by atoms with Crippen molar-refractivity contribution in [2.45, 2.75) is 6.92 Å². The number of anilines is 1. The summed E-state index contributed by atoms with van der Waals surface area (Å²) in [5.41, 5.74) is 1.90. The second-order valence-corrected chi connectivity index (χ2v) is 3.96. The van der Waals surface area contributed by atoms with Crippen LogP contribution in [0.5, 0.6) is 0 Å². The molecule has 0 radical (unpaired) electrons. The molecular formula is C13H13N3O3. The van der Waals surface area contributed by atoms with Gasteiger partial charge in [-0.2, -0.15) is 5.10 Å². The Bertz CT molecular complexity index is 602. The van der Waals surface area contributed by atoms with Gasteiger partial charge in [0, 0.05) is 11.8 Å². The van der Waals surface area contributed by atoms with Crippen LogP contribution in [-0.4, -0.2) is 29.2 Å². The molecule has 0 atom stereocenters. The fourth-order valence-electron chi connectivity index (χ4n) is 1.54. The van der Waals surface area contributed by atoms with Gasteiger partial charge in [0.05, 0.1) is 12.8 Å². The zero-order valence-corrected chi connectivity index (χ0v) is 10.6. The number of aromatic amines is 1. The van der Waals surface area contributed by atoms with E-state index in [4.69, 9.17) is 0 Å². The van der Waals surface area contributed by atoms with Crippen LogP contribution in [0.25, 0.3) is 0 Å². The number of hydrogen-bond acceptors (Lipinski definition) is 4. The van der Waals surface area contributed by atoms with E-state index in [2.05, 4.69) is 20.3 Å². The van der Waals surface area contributed by atoms with E-state index in [1.807, 2.05) is 19.1 Å². The van der Waals surface area contributed by atoms with Gasteiger partial charge in [-0.3, -0.25) is 9.89 Å². The molecule has 2 rings (SSSR count). The van der Waals surface area contributed by atoms with E-state index in [1.54, 1.807) is 12.1 Å². The Balaban J connectivity index is 2.17. The van der Waals surface area contributed by atoms with E-state index in [1.165, 1.54) is 13.3 Å². The van der Waals surface area contributed by atoms with E-state index < -0.39 is 5.97 Å². The molecule has 1 aromatic carbocycles. The molecule has 1 aromatic heterocycles. The molecule has 0 saturated heterocycles. The summed E-state index contributed by atoms with van der Waals surface area (Å²) in [6.45, 7) is 1.94. The van der Waals surface area contributed by atoms with Gasteiger partial charge in [-0.25, -0.2) is 4.79 Å². The average molecular weight is 259 g/mol. The summed E-state index contributed by atoms with van der Waals surface area (Å²) in [7, 11) is 1.25. The first-order chi connectivity index (χ1) is 9.11. The van der Waals surface area contributed by atoms with Crippen LogP contribution in [0.3, 0.4) is 0 Å². The monoisotopic (exact) mass is 259 g/mol.